The van der Waals surface area contributed by atoms with Gasteiger partial charge >= 0.3 is 0 Å². The molecular weight excluding hydrogens is 368 g/mol. The second-order valence-electron chi connectivity index (χ2n) is 5.94. The van der Waals surface area contributed by atoms with Gasteiger partial charge in [-0.2, -0.15) is 9.61 Å². The van der Waals surface area contributed by atoms with Crippen molar-refractivity contribution in [2.45, 2.75) is 26.2 Å². The van der Waals surface area contributed by atoms with Crippen molar-refractivity contribution in [3.05, 3.63) is 45.3 Å². The van der Waals surface area contributed by atoms with Crippen LogP contribution in [0.5, 0.6) is 11.5 Å². The van der Waals surface area contributed by atoms with Crippen molar-refractivity contribution in [2.24, 2.45) is 0 Å². The van der Waals surface area contributed by atoms with Crippen LogP contribution >= 0.6 is 11.3 Å². The zero-order valence-corrected chi connectivity index (χ0v) is 16.3. The van der Waals surface area contributed by atoms with Crippen LogP contribution in [-0.4, -0.2) is 34.7 Å². The number of hydrogen-bond donors (Lipinski definition) is 1. The number of benzene rings is 1. The molecule has 27 heavy (non-hydrogen) atoms. The van der Waals surface area contributed by atoms with Gasteiger partial charge in [0.05, 0.1) is 20.4 Å². The number of carbonyl (C=O) groups is 1. The molecule has 0 aliphatic carbocycles. The van der Waals surface area contributed by atoms with Gasteiger partial charge in [0.15, 0.2) is 11.5 Å². The Kier molecular flexibility index (Phi) is 5.41. The molecule has 0 unspecified atom stereocenters. The van der Waals surface area contributed by atoms with Crippen molar-refractivity contribution in [3.8, 4) is 11.5 Å². The number of ether oxygens (including phenoxy) is 2. The third-order valence-corrected chi connectivity index (χ3v) is 5.38. The molecule has 142 valence electrons. The molecule has 0 spiro atoms. The topological polar surface area (TPSA) is 94.8 Å². The molecule has 3 aromatic rings. The van der Waals surface area contributed by atoms with Crippen LogP contribution in [-0.2, 0) is 0 Å². The summed E-state index contributed by atoms with van der Waals surface area (Å²) in [5.74, 6) is 0.721. The van der Waals surface area contributed by atoms with E-state index in [0.717, 1.165) is 11.4 Å². The van der Waals surface area contributed by atoms with Crippen LogP contribution in [0.2, 0.25) is 0 Å². The van der Waals surface area contributed by atoms with Crippen LogP contribution in [0.4, 0.5) is 5.69 Å². The fraction of sp³-hybridized carbons (Fsp3) is 0.333. The Morgan fingerprint density at radius 3 is 2.70 bits per heavy atom. The summed E-state index contributed by atoms with van der Waals surface area (Å²) in [6, 6.07) is 4.76. The minimum atomic E-state index is -0.452. The molecule has 1 aromatic carbocycles. The molecule has 3 rings (SSSR count). The van der Waals surface area contributed by atoms with Crippen LogP contribution in [0.1, 0.15) is 41.6 Å². The molecule has 0 saturated carbocycles. The van der Waals surface area contributed by atoms with Crippen LogP contribution in [0.15, 0.2) is 29.2 Å². The minimum Gasteiger partial charge on any atom is -0.493 e. The molecule has 9 heteroatoms. The lowest BCUT2D eigenvalue weighted by molar-refractivity contribution is 0.102. The first-order chi connectivity index (χ1) is 13.0. The Morgan fingerprint density at radius 1 is 1.30 bits per heavy atom. The highest BCUT2D eigenvalue weighted by molar-refractivity contribution is 7.16. The molecule has 0 aliphatic heterocycles. The first-order valence-electron chi connectivity index (χ1n) is 8.40. The van der Waals surface area contributed by atoms with Gasteiger partial charge < -0.3 is 14.8 Å². The number of rotatable bonds is 6. The predicted molar refractivity (Wildman–Crippen MR) is 103 cm³/mol. The molecule has 1 atom stereocenters. The molecule has 2 aromatic heterocycles. The lowest BCUT2D eigenvalue weighted by Crippen LogP contribution is -2.23. The fourth-order valence-corrected chi connectivity index (χ4v) is 3.43. The number of aromatic nitrogens is 3. The van der Waals surface area contributed by atoms with Crippen molar-refractivity contribution in [1.82, 2.24) is 14.6 Å². The second kappa shape index (κ2) is 7.75. The number of amides is 1. The average Bonchev–Trinajstić information content (AvgIpc) is 3.14. The normalized spacial score (nSPS) is 12.0. The molecule has 1 amide bonds. The van der Waals surface area contributed by atoms with Crippen LogP contribution in [0, 0.1) is 0 Å². The standard InChI is InChI=1S/C18H20N4O4S/c1-5-10(2)16-21-22-17(24)12(9-19-18(22)27-16)20-15(23)11-6-7-13(25-3)14(8-11)26-4/h6-10H,5H2,1-4H3,(H,20,23)/t10-/m0/s1. The molecule has 0 aliphatic rings. The van der Waals surface area contributed by atoms with Gasteiger partial charge in [-0.1, -0.05) is 25.2 Å². The molecule has 2 heterocycles. The van der Waals surface area contributed by atoms with Crippen molar-refractivity contribution in [2.75, 3.05) is 19.5 Å². The smallest absolute Gasteiger partial charge is 0.298 e. The van der Waals surface area contributed by atoms with Crippen LogP contribution < -0.4 is 20.3 Å². The summed E-state index contributed by atoms with van der Waals surface area (Å²) >= 11 is 1.37. The molecule has 1 N–H and O–H groups in total. The Bertz CT molecular complexity index is 1040. The zero-order chi connectivity index (χ0) is 19.6. The SMILES string of the molecule is CC[C@H](C)c1nn2c(=O)c(NC(=O)c3ccc(OC)c(OC)c3)cnc2s1. The van der Waals surface area contributed by atoms with Gasteiger partial charge in [0.2, 0.25) is 4.96 Å². The van der Waals surface area contributed by atoms with E-state index in [1.165, 1.54) is 36.3 Å². The van der Waals surface area contributed by atoms with Crippen molar-refractivity contribution < 1.29 is 14.3 Å². The van der Waals surface area contributed by atoms with E-state index in [1.54, 1.807) is 18.2 Å². The maximum absolute atomic E-state index is 12.7. The van der Waals surface area contributed by atoms with Crippen LogP contribution in [0.25, 0.3) is 4.96 Å². The van der Waals surface area contributed by atoms with E-state index < -0.39 is 11.5 Å². The van der Waals surface area contributed by atoms with Gasteiger partial charge in [0.1, 0.15) is 10.7 Å². The highest BCUT2D eigenvalue weighted by atomic mass is 32.1. The quantitative estimate of drug-likeness (QED) is 0.698. The van der Waals surface area contributed by atoms with Crippen LogP contribution in [0.3, 0.4) is 0 Å². The van der Waals surface area contributed by atoms with Gasteiger partial charge in [0, 0.05) is 11.5 Å². The highest BCUT2D eigenvalue weighted by Crippen LogP contribution is 2.28. The lowest BCUT2D eigenvalue weighted by Gasteiger charge is -2.09. The number of nitrogens with zero attached hydrogens (tertiary/aromatic N) is 3. The summed E-state index contributed by atoms with van der Waals surface area (Å²) in [4.78, 5) is 29.9. The van der Waals surface area contributed by atoms with Crippen molar-refractivity contribution in [3.63, 3.8) is 0 Å². The first-order valence-corrected chi connectivity index (χ1v) is 9.22. The maximum atomic E-state index is 12.7. The largest absolute Gasteiger partial charge is 0.493 e. The summed E-state index contributed by atoms with van der Waals surface area (Å²) < 4.78 is 11.6. The molecule has 8 nitrogen and oxygen atoms in total. The van der Waals surface area contributed by atoms with E-state index in [1.807, 2.05) is 6.92 Å². The number of methoxy groups -OCH3 is 2. The van der Waals surface area contributed by atoms with E-state index in [9.17, 15) is 9.59 Å². The Hall–Kier alpha value is -2.94. The molecule has 0 bridgehead atoms. The summed E-state index contributed by atoms with van der Waals surface area (Å²) in [7, 11) is 3.00. The predicted octanol–water partition coefficient (Wildman–Crippen LogP) is 2.93. The molecular formula is C18H20N4O4S. The van der Waals surface area contributed by atoms with Crippen molar-refractivity contribution in [1.29, 1.82) is 0 Å². The van der Waals surface area contributed by atoms with E-state index in [0.29, 0.717) is 22.0 Å². The van der Waals surface area contributed by atoms with Gasteiger partial charge in [-0.05, 0) is 24.6 Å². The third kappa shape index (κ3) is 3.63. The molecule has 0 radical (unpaired) electrons. The van der Waals surface area contributed by atoms with Gasteiger partial charge in [-0.15, -0.1) is 0 Å². The Morgan fingerprint density at radius 2 is 2.04 bits per heavy atom. The first kappa shape index (κ1) is 18.8. The highest BCUT2D eigenvalue weighted by Gasteiger charge is 2.16. The number of anilines is 1. The summed E-state index contributed by atoms with van der Waals surface area (Å²) in [6.45, 7) is 4.10. The second-order valence-corrected chi connectivity index (χ2v) is 6.93. The van der Waals surface area contributed by atoms with E-state index in [2.05, 4.69) is 22.3 Å². The Labute approximate surface area is 159 Å². The van der Waals surface area contributed by atoms with E-state index in [4.69, 9.17) is 9.47 Å². The summed E-state index contributed by atoms with van der Waals surface area (Å²) in [6.07, 6.45) is 2.27. The fourth-order valence-electron chi connectivity index (χ4n) is 2.43. The van der Waals surface area contributed by atoms with Gasteiger partial charge in [-0.25, -0.2) is 4.98 Å². The molecule has 0 fully saturated rings. The molecule has 0 saturated heterocycles. The van der Waals surface area contributed by atoms with Crippen molar-refractivity contribution >= 4 is 27.9 Å². The van der Waals surface area contributed by atoms with E-state index >= 15 is 0 Å². The van der Waals surface area contributed by atoms with E-state index in [-0.39, 0.29) is 11.6 Å². The van der Waals surface area contributed by atoms with Gasteiger partial charge in [0.25, 0.3) is 11.5 Å². The zero-order valence-electron chi connectivity index (χ0n) is 15.5. The lowest BCUT2D eigenvalue weighted by atomic mass is 10.1. The Balaban J connectivity index is 1.91. The maximum Gasteiger partial charge on any atom is 0.298 e. The third-order valence-electron chi connectivity index (χ3n) is 4.23. The summed E-state index contributed by atoms with van der Waals surface area (Å²) in [5, 5.41) is 7.78. The summed E-state index contributed by atoms with van der Waals surface area (Å²) in [5.41, 5.74) is -0.0244. The monoisotopic (exact) mass is 388 g/mol. The van der Waals surface area contributed by atoms with Gasteiger partial charge in [-0.3, -0.25) is 9.59 Å². The number of nitrogens with one attached hydrogen (secondary N) is 1. The number of fused-ring (bicyclic) bond motifs is 1. The number of carbonyl (C=O) groups excluding carboxylic acids is 1. The average molecular weight is 388 g/mol. The minimum absolute atomic E-state index is 0.0632. The number of hydrogen-bond acceptors (Lipinski definition) is 7.